The standard InChI is InChI=1S/C14H23ClO5S2/c1-11(15)20-14(17)19-9-4-8-18-13(16)6-3-2-5-12-7-10-21-22-12/h11-12H,2-10H2,1H3. The van der Waals surface area contributed by atoms with E-state index in [4.69, 9.17) is 21.1 Å². The van der Waals surface area contributed by atoms with E-state index in [1.54, 1.807) is 0 Å². The molecule has 0 bridgehead atoms. The summed E-state index contributed by atoms with van der Waals surface area (Å²) in [5.41, 5.74) is -0.716. The molecule has 22 heavy (non-hydrogen) atoms. The second kappa shape index (κ2) is 12.2. The van der Waals surface area contributed by atoms with Gasteiger partial charge in [0.2, 0.25) is 0 Å². The molecule has 2 atom stereocenters. The molecule has 1 aliphatic heterocycles. The number of rotatable bonds is 10. The molecule has 5 nitrogen and oxygen atoms in total. The summed E-state index contributed by atoms with van der Waals surface area (Å²) in [6.45, 7) is 1.92. The van der Waals surface area contributed by atoms with E-state index in [0.717, 1.165) is 18.1 Å². The molecule has 2 unspecified atom stereocenters. The lowest BCUT2D eigenvalue weighted by Gasteiger charge is -2.08. The fraction of sp³-hybridized carbons (Fsp3) is 0.857. The minimum atomic E-state index is -0.809. The zero-order chi connectivity index (χ0) is 16.2. The molecule has 1 heterocycles. The molecule has 1 saturated heterocycles. The molecule has 0 spiro atoms. The van der Waals surface area contributed by atoms with Gasteiger partial charge in [0, 0.05) is 23.8 Å². The van der Waals surface area contributed by atoms with Gasteiger partial charge in [-0.1, -0.05) is 39.6 Å². The molecule has 0 aromatic carbocycles. The molecule has 0 N–H and O–H groups in total. The Hall–Kier alpha value is -0.270. The van der Waals surface area contributed by atoms with Crippen LogP contribution in [0.3, 0.4) is 0 Å². The van der Waals surface area contributed by atoms with Crippen LogP contribution in [-0.4, -0.2) is 41.9 Å². The molecule has 0 aliphatic carbocycles. The van der Waals surface area contributed by atoms with Crippen molar-refractivity contribution in [1.29, 1.82) is 0 Å². The number of hydrogen-bond acceptors (Lipinski definition) is 7. The Labute approximate surface area is 144 Å². The highest BCUT2D eigenvalue weighted by Crippen LogP contribution is 2.39. The van der Waals surface area contributed by atoms with Crippen LogP contribution in [0, 0.1) is 0 Å². The van der Waals surface area contributed by atoms with Gasteiger partial charge in [0.1, 0.15) is 0 Å². The van der Waals surface area contributed by atoms with Gasteiger partial charge in [0.15, 0.2) is 5.56 Å². The van der Waals surface area contributed by atoms with E-state index in [1.807, 2.05) is 21.6 Å². The lowest BCUT2D eigenvalue weighted by molar-refractivity contribution is -0.144. The smallest absolute Gasteiger partial charge is 0.466 e. The molecular weight excluding hydrogens is 348 g/mol. The fourth-order valence-corrected chi connectivity index (χ4v) is 4.95. The van der Waals surface area contributed by atoms with Crippen molar-refractivity contribution in [2.45, 2.75) is 56.3 Å². The Kier molecular flexibility index (Phi) is 11.0. The van der Waals surface area contributed by atoms with Crippen LogP contribution in [0.2, 0.25) is 0 Å². The lowest BCUT2D eigenvalue weighted by atomic mass is 10.1. The normalized spacial score (nSPS) is 18.7. The summed E-state index contributed by atoms with van der Waals surface area (Å²) >= 11 is 5.46. The molecule has 0 radical (unpaired) electrons. The predicted molar refractivity (Wildman–Crippen MR) is 90.2 cm³/mol. The summed E-state index contributed by atoms with van der Waals surface area (Å²) in [7, 11) is 3.91. The van der Waals surface area contributed by atoms with Crippen molar-refractivity contribution < 1.29 is 23.8 Å². The molecule has 0 saturated carbocycles. The van der Waals surface area contributed by atoms with Crippen LogP contribution in [0.15, 0.2) is 0 Å². The Morgan fingerprint density at radius 1 is 1.23 bits per heavy atom. The van der Waals surface area contributed by atoms with Crippen LogP contribution in [0.4, 0.5) is 4.79 Å². The quantitative estimate of drug-likeness (QED) is 0.245. The monoisotopic (exact) mass is 370 g/mol. The van der Waals surface area contributed by atoms with E-state index in [1.165, 1.54) is 25.5 Å². The Bertz CT molecular complexity index is 335. The Balaban J connectivity index is 1.87. The van der Waals surface area contributed by atoms with Crippen molar-refractivity contribution >= 4 is 45.3 Å². The van der Waals surface area contributed by atoms with Gasteiger partial charge in [-0.25, -0.2) is 4.79 Å². The lowest BCUT2D eigenvalue weighted by Crippen LogP contribution is -2.14. The number of carbonyl (C=O) groups is 2. The maximum absolute atomic E-state index is 11.5. The maximum atomic E-state index is 11.5. The van der Waals surface area contributed by atoms with Gasteiger partial charge in [-0.05, 0) is 26.2 Å². The average molecular weight is 371 g/mol. The van der Waals surface area contributed by atoms with E-state index in [2.05, 4.69) is 4.74 Å². The Morgan fingerprint density at radius 3 is 2.68 bits per heavy atom. The largest absolute Gasteiger partial charge is 0.509 e. The van der Waals surface area contributed by atoms with Crippen molar-refractivity contribution in [2.24, 2.45) is 0 Å². The molecule has 8 heteroatoms. The van der Waals surface area contributed by atoms with E-state index in [0.29, 0.717) is 12.8 Å². The van der Waals surface area contributed by atoms with E-state index in [9.17, 15) is 9.59 Å². The number of halogens is 1. The highest BCUT2D eigenvalue weighted by molar-refractivity contribution is 8.77. The molecule has 0 amide bonds. The van der Waals surface area contributed by atoms with Crippen LogP contribution in [0.25, 0.3) is 0 Å². The third kappa shape index (κ3) is 10.5. The van der Waals surface area contributed by atoms with Crippen molar-refractivity contribution in [3.8, 4) is 0 Å². The van der Waals surface area contributed by atoms with Crippen LogP contribution in [0.1, 0.15) is 45.4 Å². The summed E-state index contributed by atoms with van der Waals surface area (Å²) in [6.07, 6.45) is 4.50. The van der Waals surface area contributed by atoms with Gasteiger partial charge in [-0.3, -0.25) is 4.79 Å². The van der Waals surface area contributed by atoms with E-state index in [-0.39, 0.29) is 19.2 Å². The van der Waals surface area contributed by atoms with Crippen molar-refractivity contribution in [3.05, 3.63) is 0 Å². The number of ether oxygens (including phenoxy) is 3. The summed E-state index contributed by atoms with van der Waals surface area (Å²) < 4.78 is 14.4. The fourth-order valence-electron chi connectivity index (χ4n) is 1.85. The summed E-state index contributed by atoms with van der Waals surface area (Å²) in [5, 5.41) is 0.758. The van der Waals surface area contributed by atoms with Gasteiger partial charge in [-0.2, -0.15) is 0 Å². The number of esters is 1. The third-order valence-corrected chi connectivity index (χ3v) is 6.01. The number of carbonyl (C=O) groups excluding carboxylic acids is 2. The first-order valence-corrected chi connectivity index (χ1v) is 10.3. The number of hydrogen-bond donors (Lipinski definition) is 0. The van der Waals surface area contributed by atoms with Gasteiger partial charge >= 0.3 is 12.1 Å². The van der Waals surface area contributed by atoms with Crippen LogP contribution < -0.4 is 0 Å². The van der Waals surface area contributed by atoms with Crippen molar-refractivity contribution in [2.75, 3.05) is 19.0 Å². The first kappa shape index (κ1) is 19.8. The molecule has 0 aromatic heterocycles. The van der Waals surface area contributed by atoms with Crippen molar-refractivity contribution in [3.63, 3.8) is 0 Å². The van der Waals surface area contributed by atoms with E-state index >= 15 is 0 Å². The SMILES string of the molecule is CC(Cl)OC(=O)OCCCOC(=O)CCCCC1CCSS1. The average Bonchev–Trinajstić information content (AvgIpc) is 2.95. The molecule has 128 valence electrons. The van der Waals surface area contributed by atoms with Crippen LogP contribution >= 0.6 is 33.2 Å². The third-order valence-electron chi connectivity index (χ3n) is 2.91. The zero-order valence-electron chi connectivity index (χ0n) is 12.8. The van der Waals surface area contributed by atoms with Crippen LogP contribution in [-0.2, 0) is 19.0 Å². The predicted octanol–water partition coefficient (Wildman–Crippen LogP) is 4.37. The van der Waals surface area contributed by atoms with Gasteiger partial charge < -0.3 is 14.2 Å². The zero-order valence-corrected chi connectivity index (χ0v) is 15.1. The highest BCUT2D eigenvalue weighted by atomic mass is 35.5. The minimum absolute atomic E-state index is 0.145. The minimum Gasteiger partial charge on any atom is -0.466 e. The Morgan fingerprint density at radius 2 is 2.00 bits per heavy atom. The van der Waals surface area contributed by atoms with Crippen LogP contribution in [0.5, 0.6) is 0 Å². The van der Waals surface area contributed by atoms with Crippen molar-refractivity contribution in [1.82, 2.24) is 0 Å². The molecule has 1 rings (SSSR count). The molecule has 1 aliphatic rings. The topological polar surface area (TPSA) is 61.8 Å². The summed E-state index contributed by atoms with van der Waals surface area (Å²) in [6, 6.07) is 0. The van der Waals surface area contributed by atoms with E-state index < -0.39 is 11.7 Å². The number of unbranched alkanes of at least 4 members (excludes halogenated alkanes) is 1. The highest BCUT2D eigenvalue weighted by Gasteiger charge is 2.16. The first-order valence-electron chi connectivity index (χ1n) is 7.49. The summed E-state index contributed by atoms with van der Waals surface area (Å²) in [4.78, 5) is 22.5. The molecular formula is C14H23ClO5S2. The number of alkyl halides is 1. The molecule has 0 aromatic rings. The second-order valence-corrected chi connectivity index (χ2v) is 8.31. The maximum Gasteiger partial charge on any atom is 0.509 e. The van der Waals surface area contributed by atoms with Gasteiger partial charge in [0.25, 0.3) is 0 Å². The van der Waals surface area contributed by atoms with Gasteiger partial charge in [-0.15, -0.1) is 0 Å². The van der Waals surface area contributed by atoms with Gasteiger partial charge in [0.05, 0.1) is 13.2 Å². The molecule has 1 fully saturated rings. The summed E-state index contributed by atoms with van der Waals surface area (Å²) in [5.74, 6) is 1.06. The second-order valence-electron chi connectivity index (χ2n) is 4.91. The first-order chi connectivity index (χ1) is 10.6.